The molecule has 1 fully saturated rings. The van der Waals surface area contributed by atoms with E-state index in [1.54, 1.807) is 0 Å². The van der Waals surface area contributed by atoms with E-state index in [9.17, 15) is 0 Å². The van der Waals surface area contributed by atoms with Crippen molar-refractivity contribution in [2.75, 3.05) is 32.8 Å². The smallest absolute Gasteiger partial charge is 0.0594 e. The second-order valence-electron chi connectivity index (χ2n) is 2.53. The van der Waals surface area contributed by atoms with Gasteiger partial charge in [-0.3, -0.25) is 4.90 Å². The van der Waals surface area contributed by atoms with Crippen molar-refractivity contribution in [3.05, 3.63) is 12.7 Å². The van der Waals surface area contributed by atoms with Crippen LogP contribution in [0.15, 0.2) is 12.7 Å². The minimum atomic E-state index is 0.900. The van der Waals surface area contributed by atoms with Crippen LogP contribution in [0.4, 0.5) is 0 Å². The first-order valence-corrected chi connectivity index (χ1v) is 4.84. The summed E-state index contributed by atoms with van der Waals surface area (Å²) in [6.45, 7) is 12.8. The predicted octanol–water partition coefficient (Wildman–Crippen LogP) is 1.92. The largest absolute Gasteiger partial charge is 0.379 e. The zero-order valence-corrected chi connectivity index (χ0v) is 8.38. The molecule has 0 aromatic carbocycles. The van der Waals surface area contributed by atoms with Crippen molar-refractivity contribution < 1.29 is 4.74 Å². The Balaban J connectivity index is 0.000000561. The van der Waals surface area contributed by atoms with Crippen LogP contribution in [-0.2, 0) is 4.74 Å². The first-order chi connectivity index (χ1) is 5.93. The van der Waals surface area contributed by atoms with Crippen molar-refractivity contribution >= 4 is 0 Å². The van der Waals surface area contributed by atoms with E-state index in [2.05, 4.69) is 11.5 Å². The molecule has 1 saturated heterocycles. The zero-order valence-electron chi connectivity index (χ0n) is 8.38. The van der Waals surface area contributed by atoms with Crippen LogP contribution >= 0.6 is 0 Å². The number of nitrogens with zero attached hydrogens (tertiary/aromatic N) is 1. The van der Waals surface area contributed by atoms with Gasteiger partial charge in [0.2, 0.25) is 0 Å². The van der Waals surface area contributed by atoms with Gasteiger partial charge in [-0.25, -0.2) is 0 Å². The fourth-order valence-electron chi connectivity index (χ4n) is 1.10. The summed E-state index contributed by atoms with van der Waals surface area (Å²) in [4.78, 5) is 2.41. The van der Waals surface area contributed by atoms with Crippen LogP contribution in [0.2, 0.25) is 0 Å². The molecular weight excluding hydrogens is 150 g/mol. The van der Waals surface area contributed by atoms with E-state index < -0.39 is 0 Å². The van der Waals surface area contributed by atoms with Gasteiger partial charge in [-0.2, -0.15) is 0 Å². The van der Waals surface area contributed by atoms with Crippen molar-refractivity contribution in [1.82, 2.24) is 4.90 Å². The molecule has 0 atom stereocenters. The maximum atomic E-state index is 5.21. The van der Waals surface area contributed by atoms with Gasteiger partial charge in [-0.1, -0.05) is 19.9 Å². The van der Waals surface area contributed by atoms with Gasteiger partial charge < -0.3 is 4.74 Å². The van der Waals surface area contributed by atoms with Crippen molar-refractivity contribution in [3.8, 4) is 0 Å². The third-order valence-corrected chi connectivity index (χ3v) is 1.75. The Hall–Kier alpha value is -0.340. The van der Waals surface area contributed by atoms with Crippen LogP contribution < -0.4 is 0 Å². The van der Waals surface area contributed by atoms with Crippen LogP contribution in [0.25, 0.3) is 0 Å². The molecule has 1 rings (SSSR count). The van der Waals surface area contributed by atoms with Crippen molar-refractivity contribution in [1.29, 1.82) is 0 Å². The highest BCUT2D eigenvalue weighted by molar-refractivity contribution is 4.70. The normalized spacial score (nSPS) is 17.8. The number of hydrogen-bond acceptors (Lipinski definition) is 2. The monoisotopic (exact) mass is 171 g/mol. The van der Waals surface area contributed by atoms with E-state index in [0.717, 1.165) is 39.3 Å². The van der Waals surface area contributed by atoms with E-state index in [-0.39, 0.29) is 0 Å². The maximum Gasteiger partial charge on any atom is 0.0594 e. The Morgan fingerprint density at radius 3 is 2.42 bits per heavy atom. The summed E-state index contributed by atoms with van der Waals surface area (Å²) < 4.78 is 5.21. The molecule has 0 unspecified atom stereocenters. The second-order valence-corrected chi connectivity index (χ2v) is 2.53. The Morgan fingerprint density at radius 2 is 1.92 bits per heavy atom. The lowest BCUT2D eigenvalue weighted by atomic mass is 10.3. The van der Waals surface area contributed by atoms with E-state index in [4.69, 9.17) is 4.74 Å². The lowest BCUT2D eigenvalue weighted by molar-refractivity contribution is 0.0387. The van der Waals surface area contributed by atoms with Gasteiger partial charge in [0, 0.05) is 19.6 Å². The third-order valence-electron chi connectivity index (χ3n) is 1.75. The van der Waals surface area contributed by atoms with Gasteiger partial charge in [0.1, 0.15) is 0 Å². The van der Waals surface area contributed by atoms with Crippen molar-refractivity contribution in [3.63, 3.8) is 0 Å². The lowest BCUT2D eigenvalue weighted by Crippen LogP contribution is -2.36. The second kappa shape index (κ2) is 8.75. The van der Waals surface area contributed by atoms with E-state index in [0.29, 0.717) is 0 Å². The van der Waals surface area contributed by atoms with Crippen LogP contribution in [0.5, 0.6) is 0 Å². The van der Waals surface area contributed by atoms with Gasteiger partial charge in [0.15, 0.2) is 0 Å². The molecule has 0 spiro atoms. The molecule has 0 aliphatic carbocycles. The highest BCUT2D eigenvalue weighted by atomic mass is 16.5. The average molecular weight is 171 g/mol. The Bertz CT molecular complexity index is 98.0. The molecule has 1 heterocycles. The fourth-order valence-corrected chi connectivity index (χ4v) is 1.10. The van der Waals surface area contributed by atoms with Crippen molar-refractivity contribution in [2.45, 2.75) is 20.3 Å². The summed E-state index contributed by atoms with van der Waals surface area (Å²) >= 11 is 0. The summed E-state index contributed by atoms with van der Waals surface area (Å²) in [5.41, 5.74) is 0. The molecule has 0 N–H and O–H groups in total. The highest BCUT2D eigenvalue weighted by Crippen LogP contribution is 1.97. The molecule has 0 saturated carbocycles. The molecule has 0 aromatic heterocycles. The first-order valence-electron chi connectivity index (χ1n) is 4.84. The minimum Gasteiger partial charge on any atom is -0.379 e. The molecule has 2 heteroatoms. The minimum absolute atomic E-state index is 0.900. The molecular formula is C10H21NO. The molecule has 72 valence electrons. The summed E-state index contributed by atoms with van der Waals surface area (Å²) in [7, 11) is 0. The van der Waals surface area contributed by atoms with Crippen LogP contribution in [-0.4, -0.2) is 37.7 Å². The summed E-state index contributed by atoms with van der Waals surface area (Å²) in [6.07, 6.45) is 3.06. The molecule has 0 bridgehead atoms. The fraction of sp³-hybridized carbons (Fsp3) is 0.800. The number of rotatable bonds is 3. The predicted molar refractivity (Wildman–Crippen MR) is 53.4 cm³/mol. The van der Waals surface area contributed by atoms with Crippen molar-refractivity contribution in [2.24, 2.45) is 0 Å². The van der Waals surface area contributed by atoms with Gasteiger partial charge in [0.25, 0.3) is 0 Å². The molecule has 12 heavy (non-hydrogen) atoms. The Morgan fingerprint density at radius 1 is 1.33 bits per heavy atom. The molecule has 0 aromatic rings. The van der Waals surface area contributed by atoms with Gasteiger partial charge in [-0.05, 0) is 6.42 Å². The lowest BCUT2D eigenvalue weighted by Gasteiger charge is -2.25. The quantitative estimate of drug-likeness (QED) is 0.601. The maximum absolute atomic E-state index is 5.21. The van der Waals surface area contributed by atoms with Gasteiger partial charge in [0.05, 0.1) is 13.2 Å². The molecule has 1 aliphatic heterocycles. The first kappa shape index (κ1) is 11.7. The average Bonchev–Trinajstić information content (AvgIpc) is 2.19. The van der Waals surface area contributed by atoms with Gasteiger partial charge >= 0.3 is 0 Å². The Labute approximate surface area is 76.2 Å². The number of morpholine rings is 1. The van der Waals surface area contributed by atoms with Crippen LogP contribution in [0.1, 0.15) is 20.3 Å². The summed E-state index contributed by atoms with van der Waals surface area (Å²) in [6, 6.07) is 0. The Kier molecular flexibility index (Phi) is 8.51. The van der Waals surface area contributed by atoms with E-state index in [1.165, 1.54) is 0 Å². The highest BCUT2D eigenvalue weighted by Gasteiger charge is 2.07. The number of ether oxygens (including phenoxy) is 1. The van der Waals surface area contributed by atoms with Crippen LogP contribution in [0.3, 0.4) is 0 Å². The summed E-state index contributed by atoms with van der Waals surface area (Å²) in [5, 5.41) is 0. The topological polar surface area (TPSA) is 12.5 Å². The SMILES string of the molecule is C=CCCN1CCOCC1.CC. The third kappa shape index (κ3) is 5.33. The molecule has 2 nitrogen and oxygen atoms in total. The molecule has 0 amide bonds. The van der Waals surface area contributed by atoms with E-state index >= 15 is 0 Å². The molecule has 0 radical (unpaired) electrons. The van der Waals surface area contributed by atoms with E-state index in [1.807, 2.05) is 19.9 Å². The standard InChI is InChI=1S/C8H15NO.C2H6/c1-2-3-4-9-5-7-10-8-6-9;1-2/h2H,1,3-8H2;1-2H3. The molecule has 1 aliphatic rings. The summed E-state index contributed by atoms with van der Waals surface area (Å²) in [5.74, 6) is 0. The van der Waals surface area contributed by atoms with Gasteiger partial charge in [-0.15, -0.1) is 6.58 Å². The zero-order chi connectivity index (χ0) is 9.23. The number of hydrogen-bond donors (Lipinski definition) is 0. The van der Waals surface area contributed by atoms with Crippen LogP contribution in [0, 0.1) is 0 Å².